The van der Waals surface area contributed by atoms with Gasteiger partial charge in [0.25, 0.3) is 5.91 Å². The summed E-state index contributed by atoms with van der Waals surface area (Å²) in [7, 11) is 0. The quantitative estimate of drug-likeness (QED) is 0.894. The van der Waals surface area contributed by atoms with Gasteiger partial charge in [0.15, 0.2) is 5.65 Å². The first-order chi connectivity index (χ1) is 12.7. The van der Waals surface area contributed by atoms with E-state index >= 15 is 0 Å². The van der Waals surface area contributed by atoms with Crippen molar-refractivity contribution < 1.29 is 9.59 Å². The number of piperidine rings is 1. The molecule has 0 bridgehead atoms. The van der Waals surface area contributed by atoms with E-state index in [0.717, 1.165) is 17.6 Å². The molecule has 26 heavy (non-hydrogen) atoms. The number of imidazole rings is 1. The second-order valence-electron chi connectivity index (χ2n) is 7.83. The molecule has 1 N–H and O–H groups in total. The summed E-state index contributed by atoms with van der Waals surface area (Å²) in [5, 5.41) is 3.01. The molecule has 2 saturated heterocycles. The van der Waals surface area contributed by atoms with E-state index in [1.54, 1.807) is 6.20 Å². The number of pyridine rings is 1. The zero-order chi connectivity index (χ0) is 17.7. The van der Waals surface area contributed by atoms with Crippen molar-refractivity contribution in [1.29, 1.82) is 0 Å². The topological polar surface area (TPSA) is 80.1 Å². The van der Waals surface area contributed by atoms with Crippen LogP contribution < -0.4 is 5.32 Å². The van der Waals surface area contributed by atoms with Crippen LogP contribution in [0.4, 0.5) is 0 Å². The van der Waals surface area contributed by atoms with Crippen LogP contribution >= 0.6 is 0 Å². The van der Waals surface area contributed by atoms with Crippen LogP contribution in [0.25, 0.3) is 11.2 Å². The molecule has 0 spiro atoms. The SMILES string of the molecule is O=C1C[C@@H]2CN(C(=O)c3cnc4c(c3)ncn4C3CCCC3)CC[C@@H]2N1. The van der Waals surface area contributed by atoms with Crippen molar-refractivity contribution in [3.05, 3.63) is 24.2 Å². The number of carbonyl (C=O) groups excluding carboxylic acids is 2. The maximum Gasteiger partial charge on any atom is 0.255 e. The van der Waals surface area contributed by atoms with Gasteiger partial charge in [0.2, 0.25) is 5.91 Å². The Hall–Kier alpha value is -2.44. The monoisotopic (exact) mass is 353 g/mol. The lowest BCUT2D eigenvalue weighted by molar-refractivity contribution is -0.119. The minimum atomic E-state index is -0.00684. The largest absolute Gasteiger partial charge is 0.353 e. The Morgan fingerprint density at radius 3 is 2.88 bits per heavy atom. The molecule has 3 fully saturated rings. The predicted octanol–water partition coefficient (Wildman–Crippen LogP) is 1.90. The number of likely N-dealkylation sites (tertiary alicyclic amines) is 1. The van der Waals surface area contributed by atoms with Gasteiger partial charge in [0.05, 0.1) is 11.9 Å². The Kier molecular flexibility index (Phi) is 3.69. The first-order valence-electron chi connectivity index (χ1n) is 9.60. The molecule has 0 radical (unpaired) electrons. The van der Waals surface area contributed by atoms with Gasteiger partial charge in [-0.05, 0) is 25.3 Å². The molecule has 136 valence electrons. The highest BCUT2D eigenvalue weighted by atomic mass is 16.2. The molecular weight excluding hydrogens is 330 g/mol. The van der Waals surface area contributed by atoms with E-state index in [2.05, 4.69) is 19.9 Å². The van der Waals surface area contributed by atoms with E-state index in [-0.39, 0.29) is 23.8 Å². The molecule has 2 aromatic heterocycles. The summed E-state index contributed by atoms with van der Waals surface area (Å²) in [5.74, 6) is 0.334. The Bertz CT molecular complexity index is 870. The zero-order valence-electron chi connectivity index (χ0n) is 14.7. The van der Waals surface area contributed by atoms with Gasteiger partial charge in [0.1, 0.15) is 5.52 Å². The standard InChI is InChI=1S/C19H23N5O2/c25-17-8-13-10-23(6-5-15(13)22-17)19(26)12-7-16-18(20-9-12)24(11-21-16)14-3-1-2-4-14/h7,9,11,13-15H,1-6,8,10H2,(H,22,25)/t13-,15+/m1/s1. The minimum Gasteiger partial charge on any atom is -0.353 e. The molecule has 1 saturated carbocycles. The van der Waals surface area contributed by atoms with Crippen molar-refractivity contribution in [1.82, 2.24) is 24.8 Å². The zero-order valence-corrected chi connectivity index (χ0v) is 14.7. The third kappa shape index (κ3) is 2.57. The summed E-state index contributed by atoms with van der Waals surface area (Å²) in [5.41, 5.74) is 2.25. The number of carbonyl (C=O) groups is 2. The molecule has 2 amide bonds. The normalized spacial score (nSPS) is 26.3. The van der Waals surface area contributed by atoms with Gasteiger partial charge in [-0.1, -0.05) is 12.8 Å². The molecular formula is C19H23N5O2. The lowest BCUT2D eigenvalue weighted by Gasteiger charge is -2.34. The maximum absolute atomic E-state index is 12.9. The number of fused-ring (bicyclic) bond motifs is 2. The molecule has 3 aliphatic rings. The lowest BCUT2D eigenvalue weighted by Crippen LogP contribution is -2.47. The second kappa shape index (κ2) is 6.07. The Balaban J connectivity index is 1.37. The first-order valence-corrected chi connectivity index (χ1v) is 9.60. The highest BCUT2D eigenvalue weighted by molar-refractivity contribution is 5.96. The molecule has 2 aromatic rings. The summed E-state index contributed by atoms with van der Waals surface area (Å²) in [4.78, 5) is 35.4. The third-order valence-corrected chi connectivity index (χ3v) is 6.19. The number of hydrogen-bond donors (Lipinski definition) is 1. The molecule has 1 aliphatic carbocycles. The Morgan fingerprint density at radius 1 is 1.19 bits per heavy atom. The van der Waals surface area contributed by atoms with Gasteiger partial charge in [-0.25, -0.2) is 9.97 Å². The minimum absolute atomic E-state index is 0.00684. The fourth-order valence-electron chi connectivity index (χ4n) is 4.79. The number of hydrogen-bond acceptors (Lipinski definition) is 4. The van der Waals surface area contributed by atoms with Crippen molar-refractivity contribution in [3.63, 3.8) is 0 Å². The maximum atomic E-state index is 12.9. The van der Waals surface area contributed by atoms with Crippen LogP contribution in [0.1, 0.15) is 54.9 Å². The molecule has 0 unspecified atom stereocenters. The van der Waals surface area contributed by atoms with Gasteiger partial charge < -0.3 is 14.8 Å². The molecule has 2 atom stereocenters. The van der Waals surface area contributed by atoms with E-state index in [4.69, 9.17) is 0 Å². The van der Waals surface area contributed by atoms with E-state index in [1.165, 1.54) is 25.7 Å². The molecule has 7 heteroatoms. The first kappa shape index (κ1) is 15.8. The molecule has 2 aliphatic heterocycles. The van der Waals surface area contributed by atoms with Crippen molar-refractivity contribution in [2.45, 2.75) is 50.6 Å². The second-order valence-corrected chi connectivity index (χ2v) is 7.83. The number of nitrogens with one attached hydrogen (secondary N) is 1. The number of aromatic nitrogens is 3. The number of rotatable bonds is 2. The Morgan fingerprint density at radius 2 is 2.04 bits per heavy atom. The van der Waals surface area contributed by atoms with Crippen LogP contribution in [0, 0.1) is 5.92 Å². The van der Waals surface area contributed by atoms with Gasteiger partial charge in [0, 0.05) is 43.7 Å². The van der Waals surface area contributed by atoms with Gasteiger partial charge >= 0.3 is 0 Å². The van der Waals surface area contributed by atoms with Crippen LogP contribution in [0.5, 0.6) is 0 Å². The fraction of sp³-hybridized carbons (Fsp3) is 0.579. The number of amides is 2. The van der Waals surface area contributed by atoms with Crippen molar-refractivity contribution in [3.8, 4) is 0 Å². The van der Waals surface area contributed by atoms with Crippen molar-refractivity contribution in [2.75, 3.05) is 13.1 Å². The number of nitrogens with zero attached hydrogens (tertiary/aromatic N) is 4. The predicted molar refractivity (Wildman–Crippen MR) is 95.6 cm³/mol. The van der Waals surface area contributed by atoms with E-state index < -0.39 is 0 Å². The van der Waals surface area contributed by atoms with Crippen LogP contribution in [-0.2, 0) is 4.79 Å². The summed E-state index contributed by atoms with van der Waals surface area (Å²) >= 11 is 0. The lowest BCUT2D eigenvalue weighted by atomic mass is 9.93. The van der Waals surface area contributed by atoms with Gasteiger partial charge in [-0.3, -0.25) is 9.59 Å². The molecule has 5 rings (SSSR count). The average Bonchev–Trinajstić information content (AvgIpc) is 3.37. The molecule has 0 aromatic carbocycles. The summed E-state index contributed by atoms with van der Waals surface area (Å²) < 4.78 is 2.16. The van der Waals surface area contributed by atoms with Crippen molar-refractivity contribution >= 4 is 23.0 Å². The van der Waals surface area contributed by atoms with Crippen LogP contribution in [-0.4, -0.2) is 50.4 Å². The summed E-state index contributed by atoms with van der Waals surface area (Å²) in [6, 6.07) is 2.58. The van der Waals surface area contributed by atoms with Crippen LogP contribution in [0.15, 0.2) is 18.6 Å². The Labute approximate surface area is 151 Å². The average molecular weight is 353 g/mol. The molecule has 4 heterocycles. The smallest absolute Gasteiger partial charge is 0.255 e. The summed E-state index contributed by atoms with van der Waals surface area (Å²) in [6.45, 7) is 1.31. The highest BCUT2D eigenvalue weighted by Crippen LogP contribution is 2.32. The van der Waals surface area contributed by atoms with E-state index in [0.29, 0.717) is 31.1 Å². The van der Waals surface area contributed by atoms with Gasteiger partial charge in [-0.15, -0.1) is 0 Å². The summed E-state index contributed by atoms with van der Waals surface area (Å²) in [6.07, 6.45) is 9.77. The van der Waals surface area contributed by atoms with E-state index in [9.17, 15) is 9.59 Å². The van der Waals surface area contributed by atoms with Gasteiger partial charge in [-0.2, -0.15) is 0 Å². The molecule has 7 nitrogen and oxygen atoms in total. The van der Waals surface area contributed by atoms with Crippen LogP contribution in [0.2, 0.25) is 0 Å². The van der Waals surface area contributed by atoms with Crippen LogP contribution in [0.3, 0.4) is 0 Å². The fourth-order valence-corrected chi connectivity index (χ4v) is 4.79. The van der Waals surface area contributed by atoms with E-state index in [1.807, 2.05) is 17.3 Å². The van der Waals surface area contributed by atoms with Crippen molar-refractivity contribution in [2.24, 2.45) is 5.92 Å². The highest BCUT2D eigenvalue weighted by Gasteiger charge is 2.38. The third-order valence-electron chi connectivity index (χ3n) is 6.19.